The van der Waals surface area contributed by atoms with Crippen LogP contribution in [0.4, 0.5) is 0 Å². The fourth-order valence-electron chi connectivity index (χ4n) is 1.18. The Labute approximate surface area is 95.7 Å². The van der Waals surface area contributed by atoms with Crippen LogP contribution in [0.25, 0.3) is 0 Å². The minimum Gasteiger partial charge on any atom is -0.356 e. The maximum atomic E-state index is 11.2. The number of aromatic nitrogens is 2. The summed E-state index contributed by atoms with van der Waals surface area (Å²) < 4.78 is 0. The molecule has 0 fully saturated rings. The molecule has 0 atom stereocenters. The molecule has 0 saturated carbocycles. The van der Waals surface area contributed by atoms with E-state index in [1.54, 1.807) is 18.5 Å². The predicted molar refractivity (Wildman–Crippen MR) is 61.7 cm³/mol. The molecule has 5 nitrogen and oxygen atoms in total. The normalized spacial score (nSPS) is 10.1. The lowest BCUT2D eigenvalue weighted by Gasteiger charge is -2.04. The smallest absolute Gasteiger partial charge is 0.221 e. The van der Waals surface area contributed by atoms with Gasteiger partial charge in [0.15, 0.2) is 0 Å². The van der Waals surface area contributed by atoms with Crippen molar-refractivity contribution >= 4 is 5.91 Å². The Kier molecular flexibility index (Phi) is 6.10. The highest BCUT2D eigenvalue weighted by molar-refractivity contribution is 5.75. The van der Waals surface area contributed by atoms with Crippen molar-refractivity contribution in [1.29, 1.82) is 0 Å². The minimum atomic E-state index is 0.0864. The van der Waals surface area contributed by atoms with E-state index in [0.29, 0.717) is 19.5 Å². The van der Waals surface area contributed by atoms with Crippen molar-refractivity contribution < 1.29 is 4.79 Å². The summed E-state index contributed by atoms with van der Waals surface area (Å²) in [6.45, 7) is 4.03. The first-order valence-electron chi connectivity index (χ1n) is 5.56. The molecule has 1 heterocycles. The highest BCUT2D eigenvalue weighted by Crippen LogP contribution is 1.86. The van der Waals surface area contributed by atoms with E-state index < -0.39 is 0 Å². The minimum absolute atomic E-state index is 0.0864. The van der Waals surface area contributed by atoms with E-state index in [-0.39, 0.29) is 5.91 Å². The number of nitrogens with one attached hydrogen (secondary N) is 2. The summed E-state index contributed by atoms with van der Waals surface area (Å²) in [6.07, 6.45) is 4.87. The molecule has 2 N–H and O–H groups in total. The van der Waals surface area contributed by atoms with Crippen molar-refractivity contribution in [2.75, 3.05) is 13.1 Å². The molecule has 0 aromatic carbocycles. The molecule has 0 unspecified atom stereocenters. The molecule has 0 aliphatic rings. The van der Waals surface area contributed by atoms with Gasteiger partial charge in [-0.2, -0.15) is 0 Å². The van der Waals surface area contributed by atoms with E-state index in [9.17, 15) is 4.79 Å². The topological polar surface area (TPSA) is 66.9 Å². The second kappa shape index (κ2) is 7.76. The van der Waals surface area contributed by atoms with Gasteiger partial charge in [0.1, 0.15) is 5.82 Å². The van der Waals surface area contributed by atoms with Crippen LogP contribution in [-0.2, 0) is 11.3 Å². The summed E-state index contributed by atoms with van der Waals surface area (Å²) >= 11 is 0. The van der Waals surface area contributed by atoms with E-state index in [1.807, 2.05) is 6.92 Å². The zero-order valence-corrected chi connectivity index (χ0v) is 9.57. The van der Waals surface area contributed by atoms with Crippen molar-refractivity contribution in [3.8, 4) is 0 Å². The molecule has 1 rings (SSSR count). The van der Waals surface area contributed by atoms with Gasteiger partial charge in [0, 0.05) is 31.9 Å². The monoisotopic (exact) mass is 222 g/mol. The molecule has 88 valence electrons. The Balaban J connectivity index is 2.06. The second-order valence-corrected chi connectivity index (χ2v) is 3.44. The summed E-state index contributed by atoms with van der Waals surface area (Å²) in [4.78, 5) is 19.4. The average Bonchev–Trinajstić information content (AvgIpc) is 2.33. The molecule has 1 aromatic heterocycles. The summed E-state index contributed by atoms with van der Waals surface area (Å²) in [6, 6.07) is 1.78. The average molecular weight is 222 g/mol. The number of rotatable bonds is 7. The van der Waals surface area contributed by atoms with Crippen LogP contribution in [0.5, 0.6) is 0 Å². The lowest BCUT2D eigenvalue weighted by atomic mass is 10.3. The summed E-state index contributed by atoms with van der Waals surface area (Å²) in [5.41, 5.74) is 0. The lowest BCUT2D eigenvalue weighted by Crippen LogP contribution is -2.28. The standard InChI is InChI=1S/C11H18N4O/c1-2-5-15-11(16)4-8-12-9-10-13-6-3-7-14-10/h3,6-7,12H,2,4-5,8-9H2,1H3,(H,15,16). The van der Waals surface area contributed by atoms with Gasteiger partial charge in [0.05, 0.1) is 6.54 Å². The number of carbonyl (C=O) groups excluding carboxylic acids is 1. The zero-order valence-electron chi connectivity index (χ0n) is 9.57. The molecule has 1 aromatic rings. The van der Waals surface area contributed by atoms with Crippen LogP contribution in [0.3, 0.4) is 0 Å². The maximum Gasteiger partial charge on any atom is 0.221 e. The van der Waals surface area contributed by atoms with E-state index >= 15 is 0 Å². The van der Waals surface area contributed by atoms with Crippen LogP contribution >= 0.6 is 0 Å². The maximum absolute atomic E-state index is 11.2. The highest BCUT2D eigenvalue weighted by Gasteiger charge is 1.99. The number of hydrogen-bond acceptors (Lipinski definition) is 4. The Morgan fingerprint density at radius 3 is 2.75 bits per heavy atom. The van der Waals surface area contributed by atoms with Gasteiger partial charge >= 0.3 is 0 Å². The summed E-state index contributed by atoms with van der Waals surface area (Å²) in [5.74, 6) is 0.833. The SMILES string of the molecule is CCCNC(=O)CCNCc1ncccn1. The van der Waals surface area contributed by atoms with Gasteiger partial charge in [-0.3, -0.25) is 4.79 Å². The molecular weight excluding hydrogens is 204 g/mol. The Morgan fingerprint density at radius 1 is 1.31 bits per heavy atom. The first-order valence-corrected chi connectivity index (χ1v) is 5.56. The van der Waals surface area contributed by atoms with Crippen molar-refractivity contribution in [3.63, 3.8) is 0 Å². The molecule has 0 radical (unpaired) electrons. The third-order valence-corrected chi connectivity index (χ3v) is 2.00. The highest BCUT2D eigenvalue weighted by atomic mass is 16.1. The molecule has 0 aliphatic carbocycles. The number of nitrogens with zero attached hydrogens (tertiary/aromatic N) is 2. The van der Waals surface area contributed by atoms with E-state index in [1.165, 1.54) is 0 Å². The largest absolute Gasteiger partial charge is 0.356 e. The quantitative estimate of drug-likeness (QED) is 0.659. The van der Waals surface area contributed by atoms with E-state index in [0.717, 1.165) is 18.8 Å². The molecule has 0 bridgehead atoms. The molecule has 16 heavy (non-hydrogen) atoms. The first-order chi connectivity index (χ1) is 7.83. The fourth-order valence-corrected chi connectivity index (χ4v) is 1.18. The van der Waals surface area contributed by atoms with Crippen LogP contribution in [0.2, 0.25) is 0 Å². The van der Waals surface area contributed by atoms with Gasteiger partial charge in [0.25, 0.3) is 0 Å². The summed E-state index contributed by atoms with van der Waals surface area (Å²) in [7, 11) is 0. The van der Waals surface area contributed by atoms with Gasteiger partial charge in [-0.15, -0.1) is 0 Å². The molecule has 0 aliphatic heterocycles. The van der Waals surface area contributed by atoms with Gasteiger partial charge in [0.2, 0.25) is 5.91 Å². The first kappa shape index (κ1) is 12.6. The van der Waals surface area contributed by atoms with Crippen LogP contribution in [0.15, 0.2) is 18.5 Å². The van der Waals surface area contributed by atoms with E-state index in [2.05, 4.69) is 20.6 Å². The van der Waals surface area contributed by atoms with E-state index in [4.69, 9.17) is 0 Å². The van der Waals surface area contributed by atoms with Gasteiger partial charge in [-0.1, -0.05) is 6.92 Å². The van der Waals surface area contributed by atoms with Crippen molar-refractivity contribution in [3.05, 3.63) is 24.3 Å². The third-order valence-electron chi connectivity index (χ3n) is 2.00. The number of hydrogen-bond donors (Lipinski definition) is 2. The molecule has 1 amide bonds. The molecular formula is C11H18N4O. The molecule has 0 spiro atoms. The van der Waals surface area contributed by atoms with Crippen LogP contribution < -0.4 is 10.6 Å². The van der Waals surface area contributed by atoms with Crippen LogP contribution in [0, 0.1) is 0 Å². The Bertz CT molecular complexity index is 302. The molecule has 0 saturated heterocycles. The van der Waals surface area contributed by atoms with Crippen molar-refractivity contribution in [2.24, 2.45) is 0 Å². The van der Waals surface area contributed by atoms with Crippen LogP contribution in [-0.4, -0.2) is 29.0 Å². The van der Waals surface area contributed by atoms with Gasteiger partial charge in [-0.25, -0.2) is 9.97 Å². The van der Waals surface area contributed by atoms with Crippen molar-refractivity contribution in [1.82, 2.24) is 20.6 Å². The second-order valence-electron chi connectivity index (χ2n) is 3.44. The Hall–Kier alpha value is -1.49. The predicted octanol–water partition coefficient (Wildman–Crippen LogP) is 0.482. The van der Waals surface area contributed by atoms with Gasteiger partial charge < -0.3 is 10.6 Å². The fraction of sp³-hybridized carbons (Fsp3) is 0.545. The number of amides is 1. The number of carbonyl (C=O) groups is 1. The lowest BCUT2D eigenvalue weighted by molar-refractivity contribution is -0.120. The van der Waals surface area contributed by atoms with Crippen LogP contribution in [0.1, 0.15) is 25.6 Å². The summed E-state index contributed by atoms with van der Waals surface area (Å²) in [5, 5.41) is 5.94. The Morgan fingerprint density at radius 2 is 2.06 bits per heavy atom. The zero-order chi connectivity index (χ0) is 11.6. The third kappa shape index (κ3) is 5.41. The van der Waals surface area contributed by atoms with Crippen molar-refractivity contribution in [2.45, 2.75) is 26.3 Å². The molecule has 5 heteroatoms. The van der Waals surface area contributed by atoms with Gasteiger partial charge in [-0.05, 0) is 12.5 Å².